The van der Waals surface area contributed by atoms with Gasteiger partial charge in [-0.15, -0.1) is 12.4 Å². The smallest absolute Gasteiger partial charge is 0.225 e. The molecule has 1 aliphatic carbocycles. The maximum Gasteiger partial charge on any atom is 0.225 e. The number of amidine groups is 1. The number of aliphatic imine (C=N–C) groups is 1. The number of halogens is 1. The van der Waals surface area contributed by atoms with Crippen LogP contribution in [0.25, 0.3) is 0 Å². The fourth-order valence-electron chi connectivity index (χ4n) is 2.53. The molecule has 0 spiro atoms. The molecular weight excluding hydrogens is 334 g/mol. The number of anilines is 1. The molecule has 5 nitrogen and oxygen atoms in total. The van der Waals surface area contributed by atoms with E-state index >= 15 is 0 Å². The number of amides is 1. The van der Waals surface area contributed by atoms with Crippen LogP contribution >= 0.6 is 24.2 Å². The molecule has 23 heavy (non-hydrogen) atoms. The molecule has 0 aromatic heterocycles. The van der Waals surface area contributed by atoms with E-state index in [9.17, 15) is 4.79 Å². The van der Waals surface area contributed by atoms with Gasteiger partial charge in [0.1, 0.15) is 11.9 Å². The fourth-order valence-corrected chi connectivity index (χ4v) is 3.75. The van der Waals surface area contributed by atoms with Gasteiger partial charge in [-0.2, -0.15) is 0 Å². The Hall–Kier alpha value is -1.40. The zero-order valence-corrected chi connectivity index (χ0v) is 15.2. The zero-order valence-electron chi connectivity index (χ0n) is 13.6. The predicted molar refractivity (Wildman–Crippen MR) is 97.9 cm³/mol. The number of carbonyl (C=O) groups excluding carboxylic acids is 1. The lowest BCUT2D eigenvalue weighted by Gasteiger charge is -2.32. The van der Waals surface area contributed by atoms with Crippen molar-refractivity contribution < 1.29 is 9.53 Å². The molecule has 1 aromatic carbocycles. The second-order valence-electron chi connectivity index (χ2n) is 5.63. The van der Waals surface area contributed by atoms with Crippen LogP contribution in [-0.4, -0.2) is 48.1 Å². The summed E-state index contributed by atoms with van der Waals surface area (Å²) in [5, 5.41) is 1.05. The van der Waals surface area contributed by atoms with Crippen molar-refractivity contribution in [2.24, 2.45) is 4.99 Å². The van der Waals surface area contributed by atoms with Gasteiger partial charge in [0.05, 0.1) is 13.2 Å². The number of benzene rings is 1. The molecule has 7 heteroatoms. The standard InChI is InChI=1S/C16H21N3O2S.ClH/c1-11(20)19(13-6-8-14(21-3)9-7-13)15-10-22-16(18(15)2)17-12-4-5-12;/h6-9,12,15H,4-5,10H2,1-3H3;1H. The third-order valence-electron chi connectivity index (χ3n) is 3.94. The fraction of sp³-hybridized carbons (Fsp3) is 0.500. The van der Waals surface area contributed by atoms with Crippen molar-refractivity contribution in [1.29, 1.82) is 0 Å². The average Bonchev–Trinajstić information content (AvgIpc) is 3.26. The summed E-state index contributed by atoms with van der Waals surface area (Å²) in [6.45, 7) is 1.61. The van der Waals surface area contributed by atoms with Crippen LogP contribution in [0.5, 0.6) is 5.75 Å². The van der Waals surface area contributed by atoms with Gasteiger partial charge in [-0.25, -0.2) is 0 Å². The van der Waals surface area contributed by atoms with E-state index in [2.05, 4.69) is 4.90 Å². The number of ether oxygens (including phenoxy) is 1. The van der Waals surface area contributed by atoms with Crippen molar-refractivity contribution in [3.63, 3.8) is 0 Å². The van der Waals surface area contributed by atoms with E-state index in [-0.39, 0.29) is 24.5 Å². The van der Waals surface area contributed by atoms with E-state index in [1.54, 1.807) is 25.8 Å². The molecule has 0 radical (unpaired) electrons. The van der Waals surface area contributed by atoms with Crippen molar-refractivity contribution in [2.75, 3.05) is 24.8 Å². The molecule has 1 saturated heterocycles. The summed E-state index contributed by atoms with van der Waals surface area (Å²) >= 11 is 1.73. The molecule has 1 aliphatic heterocycles. The van der Waals surface area contributed by atoms with Crippen LogP contribution < -0.4 is 9.64 Å². The third kappa shape index (κ3) is 3.93. The van der Waals surface area contributed by atoms with Gasteiger partial charge in [-0.05, 0) is 37.1 Å². The van der Waals surface area contributed by atoms with Gasteiger partial charge in [-0.3, -0.25) is 14.7 Å². The Kier molecular flexibility index (Phi) is 5.81. The molecular formula is C16H22ClN3O2S. The monoisotopic (exact) mass is 355 g/mol. The molecule has 0 bridgehead atoms. The van der Waals surface area contributed by atoms with E-state index in [0.717, 1.165) is 22.4 Å². The third-order valence-corrected chi connectivity index (χ3v) is 5.05. The van der Waals surface area contributed by atoms with Crippen LogP contribution in [0, 0.1) is 0 Å². The maximum atomic E-state index is 12.2. The highest BCUT2D eigenvalue weighted by atomic mass is 35.5. The molecule has 2 aliphatic rings. The Labute approximate surface area is 147 Å². The Balaban J connectivity index is 0.00000192. The van der Waals surface area contributed by atoms with Crippen molar-refractivity contribution in [1.82, 2.24) is 4.90 Å². The lowest BCUT2D eigenvalue weighted by atomic mass is 10.2. The van der Waals surface area contributed by atoms with Crippen molar-refractivity contribution in [3.05, 3.63) is 24.3 Å². The highest BCUT2D eigenvalue weighted by molar-refractivity contribution is 8.14. The number of hydrogen-bond acceptors (Lipinski definition) is 4. The highest BCUT2D eigenvalue weighted by Gasteiger charge is 2.35. The van der Waals surface area contributed by atoms with Gasteiger partial charge < -0.3 is 9.64 Å². The van der Waals surface area contributed by atoms with Crippen LogP contribution in [0.2, 0.25) is 0 Å². The minimum Gasteiger partial charge on any atom is -0.497 e. The summed E-state index contributed by atoms with van der Waals surface area (Å²) in [7, 11) is 3.66. The summed E-state index contributed by atoms with van der Waals surface area (Å²) in [6.07, 6.45) is 2.39. The molecule has 1 atom stereocenters. The lowest BCUT2D eigenvalue weighted by molar-refractivity contribution is -0.117. The molecule has 1 amide bonds. The molecule has 3 rings (SSSR count). The van der Waals surface area contributed by atoms with E-state index in [1.165, 1.54) is 12.8 Å². The molecule has 126 valence electrons. The molecule has 2 fully saturated rings. The quantitative estimate of drug-likeness (QED) is 0.833. The number of thioether (sulfide) groups is 1. The van der Waals surface area contributed by atoms with E-state index in [1.807, 2.05) is 36.2 Å². The minimum absolute atomic E-state index is 0. The van der Waals surface area contributed by atoms with Gasteiger partial charge >= 0.3 is 0 Å². The predicted octanol–water partition coefficient (Wildman–Crippen LogP) is 2.99. The first-order chi connectivity index (χ1) is 10.6. The van der Waals surface area contributed by atoms with Crippen molar-refractivity contribution >= 4 is 40.9 Å². The summed E-state index contributed by atoms with van der Waals surface area (Å²) < 4.78 is 5.19. The first-order valence-electron chi connectivity index (χ1n) is 7.47. The zero-order chi connectivity index (χ0) is 15.7. The summed E-state index contributed by atoms with van der Waals surface area (Å²) in [5.41, 5.74) is 0.887. The van der Waals surface area contributed by atoms with Crippen LogP contribution in [0.15, 0.2) is 29.3 Å². The molecule has 0 N–H and O–H groups in total. The van der Waals surface area contributed by atoms with Gasteiger partial charge in [-0.1, -0.05) is 11.8 Å². The number of carbonyl (C=O) groups is 1. The molecule has 1 aromatic rings. The molecule has 1 saturated carbocycles. The van der Waals surface area contributed by atoms with Gasteiger partial charge in [0, 0.05) is 25.4 Å². The second kappa shape index (κ2) is 7.45. The Morgan fingerprint density at radius 1 is 1.35 bits per heavy atom. The van der Waals surface area contributed by atoms with Gasteiger partial charge in [0.2, 0.25) is 5.91 Å². The number of rotatable bonds is 4. The van der Waals surface area contributed by atoms with Gasteiger partial charge in [0.25, 0.3) is 0 Å². The van der Waals surface area contributed by atoms with Crippen LogP contribution in [0.4, 0.5) is 5.69 Å². The van der Waals surface area contributed by atoms with Crippen LogP contribution in [0.1, 0.15) is 19.8 Å². The largest absolute Gasteiger partial charge is 0.497 e. The van der Waals surface area contributed by atoms with Crippen LogP contribution in [-0.2, 0) is 4.79 Å². The average molecular weight is 356 g/mol. The Bertz CT molecular complexity index is 589. The second-order valence-corrected chi connectivity index (χ2v) is 6.62. The summed E-state index contributed by atoms with van der Waals surface area (Å²) in [4.78, 5) is 20.9. The Morgan fingerprint density at radius 3 is 2.52 bits per heavy atom. The van der Waals surface area contributed by atoms with E-state index in [4.69, 9.17) is 9.73 Å². The van der Waals surface area contributed by atoms with Crippen molar-refractivity contribution in [3.8, 4) is 5.75 Å². The highest BCUT2D eigenvalue weighted by Crippen LogP contribution is 2.32. The minimum atomic E-state index is 0. The normalized spacial score (nSPS) is 22.0. The SMILES string of the molecule is COc1ccc(N(C(C)=O)C2CSC(=NC3CC3)N2C)cc1.Cl. The first kappa shape index (κ1) is 17.9. The summed E-state index contributed by atoms with van der Waals surface area (Å²) in [6, 6.07) is 8.11. The first-order valence-corrected chi connectivity index (χ1v) is 8.46. The Morgan fingerprint density at radius 2 is 2.00 bits per heavy atom. The molecule has 1 unspecified atom stereocenters. The number of methoxy groups -OCH3 is 1. The lowest BCUT2D eigenvalue weighted by Crippen LogP contribution is -2.48. The van der Waals surface area contributed by atoms with Gasteiger partial charge in [0.15, 0.2) is 5.17 Å². The van der Waals surface area contributed by atoms with Crippen molar-refractivity contribution in [2.45, 2.75) is 32.0 Å². The molecule has 1 heterocycles. The van der Waals surface area contributed by atoms with E-state index in [0.29, 0.717) is 6.04 Å². The summed E-state index contributed by atoms with van der Waals surface area (Å²) in [5.74, 6) is 1.67. The topological polar surface area (TPSA) is 45.1 Å². The number of nitrogens with zero attached hydrogens (tertiary/aromatic N) is 3. The van der Waals surface area contributed by atoms with Crippen LogP contribution in [0.3, 0.4) is 0 Å². The number of hydrogen-bond donors (Lipinski definition) is 0. The maximum absolute atomic E-state index is 12.2. The van der Waals surface area contributed by atoms with E-state index < -0.39 is 0 Å².